The average Bonchev–Trinajstić information content (AvgIpc) is 3.29. The SMILES string of the molecule is O=Cc1ccc(CCCNCCNCc2ccc3c4c(c(=O)[nH]c3c2F)CCC4)cn1. The zero-order valence-corrected chi connectivity index (χ0v) is 17.5. The van der Waals surface area contributed by atoms with Gasteiger partial charge in [-0.1, -0.05) is 18.2 Å². The predicted octanol–water partition coefficient (Wildman–Crippen LogP) is 2.68. The van der Waals surface area contributed by atoms with E-state index in [1.54, 1.807) is 12.3 Å². The molecule has 3 N–H and O–H groups in total. The van der Waals surface area contributed by atoms with Crippen molar-refractivity contribution in [3.05, 3.63) is 74.6 Å². The largest absolute Gasteiger partial charge is 0.319 e. The number of hydrogen-bond acceptors (Lipinski definition) is 5. The van der Waals surface area contributed by atoms with Crippen molar-refractivity contribution in [3.63, 3.8) is 0 Å². The maximum atomic E-state index is 15.0. The van der Waals surface area contributed by atoms with Crippen LogP contribution in [0.1, 0.15) is 45.6 Å². The van der Waals surface area contributed by atoms with Crippen molar-refractivity contribution in [3.8, 4) is 0 Å². The molecule has 1 aliphatic rings. The Morgan fingerprint density at radius 1 is 1.06 bits per heavy atom. The molecule has 0 unspecified atom stereocenters. The van der Waals surface area contributed by atoms with Gasteiger partial charge in [-0.3, -0.25) is 14.6 Å². The summed E-state index contributed by atoms with van der Waals surface area (Å²) >= 11 is 0. The summed E-state index contributed by atoms with van der Waals surface area (Å²) < 4.78 is 15.0. The molecule has 0 aliphatic heterocycles. The van der Waals surface area contributed by atoms with Crippen molar-refractivity contribution >= 4 is 17.2 Å². The second-order valence-electron chi connectivity index (χ2n) is 7.97. The van der Waals surface area contributed by atoms with Gasteiger partial charge in [0.15, 0.2) is 12.1 Å². The van der Waals surface area contributed by atoms with Gasteiger partial charge in [0.1, 0.15) is 5.69 Å². The van der Waals surface area contributed by atoms with Crippen LogP contribution >= 0.6 is 0 Å². The number of carbonyl (C=O) groups excluding carboxylic acids is 1. The van der Waals surface area contributed by atoms with Crippen molar-refractivity contribution < 1.29 is 9.18 Å². The number of H-pyrrole nitrogens is 1. The molecule has 7 heteroatoms. The minimum atomic E-state index is -0.334. The van der Waals surface area contributed by atoms with Crippen LogP contribution in [0.5, 0.6) is 0 Å². The molecule has 0 saturated carbocycles. The van der Waals surface area contributed by atoms with Gasteiger partial charge in [-0.2, -0.15) is 0 Å². The van der Waals surface area contributed by atoms with Crippen molar-refractivity contribution in [2.75, 3.05) is 19.6 Å². The minimum Gasteiger partial charge on any atom is -0.319 e. The van der Waals surface area contributed by atoms with Crippen LogP contribution in [-0.2, 0) is 25.8 Å². The highest BCUT2D eigenvalue weighted by atomic mass is 19.1. The standard InChI is InChI=1S/C24H27FN4O2/c25-22-17(7-9-20-19-4-1-5-21(19)24(31)29-23(20)22)14-27-12-11-26-10-2-3-16-6-8-18(15-30)28-13-16/h6-9,13,15,26-27H,1-5,10-12,14H2,(H,29,31). The molecule has 0 bridgehead atoms. The number of aldehydes is 1. The minimum absolute atomic E-state index is 0.149. The van der Waals surface area contributed by atoms with Crippen molar-refractivity contribution in [1.82, 2.24) is 20.6 Å². The van der Waals surface area contributed by atoms with Crippen LogP contribution in [0.25, 0.3) is 10.9 Å². The fourth-order valence-electron chi connectivity index (χ4n) is 4.21. The van der Waals surface area contributed by atoms with Crippen molar-refractivity contribution in [2.24, 2.45) is 0 Å². The fraction of sp³-hybridized carbons (Fsp3) is 0.375. The molecule has 0 atom stereocenters. The van der Waals surface area contributed by atoms with E-state index in [-0.39, 0.29) is 11.4 Å². The number of nitrogens with one attached hydrogen (secondary N) is 3. The highest BCUT2D eigenvalue weighted by Crippen LogP contribution is 2.28. The smallest absolute Gasteiger partial charge is 0.251 e. The number of hydrogen-bond donors (Lipinski definition) is 3. The van der Waals surface area contributed by atoms with Gasteiger partial charge in [0.05, 0.1) is 5.52 Å². The van der Waals surface area contributed by atoms with Crippen LogP contribution in [0.4, 0.5) is 4.39 Å². The number of aromatic nitrogens is 2. The molecule has 2 aromatic heterocycles. The molecule has 1 aromatic carbocycles. The van der Waals surface area contributed by atoms with E-state index in [0.29, 0.717) is 29.9 Å². The van der Waals surface area contributed by atoms with Gasteiger partial charge >= 0.3 is 0 Å². The molecule has 1 aliphatic carbocycles. The molecule has 0 amide bonds. The van der Waals surface area contributed by atoms with Crippen molar-refractivity contribution in [2.45, 2.75) is 38.6 Å². The maximum absolute atomic E-state index is 15.0. The first-order valence-corrected chi connectivity index (χ1v) is 10.8. The molecule has 0 spiro atoms. The molecule has 0 saturated heterocycles. The van der Waals surface area contributed by atoms with Crippen LogP contribution in [0.3, 0.4) is 0 Å². The summed E-state index contributed by atoms with van der Waals surface area (Å²) in [6, 6.07) is 7.41. The first-order chi connectivity index (χ1) is 15.2. The van der Waals surface area contributed by atoms with Gasteiger partial charge in [0, 0.05) is 42.3 Å². The third-order valence-electron chi connectivity index (χ3n) is 5.86. The fourth-order valence-corrected chi connectivity index (χ4v) is 4.21. The second kappa shape index (κ2) is 9.94. The summed E-state index contributed by atoms with van der Waals surface area (Å²) in [6.45, 7) is 2.78. The number of pyridine rings is 2. The number of fused-ring (bicyclic) bond motifs is 3. The molecule has 4 rings (SSSR count). The van der Waals surface area contributed by atoms with E-state index in [4.69, 9.17) is 0 Å². The summed E-state index contributed by atoms with van der Waals surface area (Å²) in [7, 11) is 0. The second-order valence-corrected chi connectivity index (χ2v) is 7.97. The summed E-state index contributed by atoms with van der Waals surface area (Å²) in [6.07, 6.45) is 6.94. The van der Waals surface area contributed by atoms with Gasteiger partial charge in [-0.25, -0.2) is 4.39 Å². The van der Waals surface area contributed by atoms with E-state index in [2.05, 4.69) is 20.6 Å². The van der Waals surface area contributed by atoms with E-state index in [1.165, 1.54) is 0 Å². The summed E-state index contributed by atoms with van der Waals surface area (Å²) in [5.74, 6) is -0.334. The Labute approximate surface area is 180 Å². The topological polar surface area (TPSA) is 86.9 Å². The molecular formula is C24H27FN4O2. The Bertz CT molecular complexity index is 1130. The van der Waals surface area contributed by atoms with Gasteiger partial charge in [-0.05, 0) is 55.8 Å². The van der Waals surface area contributed by atoms with Gasteiger partial charge < -0.3 is 15.6 Å². The third-order valence-corrected chi connectivity index (χ3v) is 5.86. The number of benzene rings is 1. The van der Waals surface area contributed by atoms with E-state index >= 15 is 0 Å². The van der Waals surface area contributed by atoms with Gasteiger partial charge in [-0.15, -0.1) is 0 Å². The summed E-state index contributed by atoms with van der Waals surface area (Å²) in [4.78, 5) is 29.7. The summed E-state index contributed by atoms with van der Waals surface area (Å²) in [5, 5.41) is 7.46. The number of carbonyl (C=O) groups is 1. The monoisotopic (exact) mass is 422 g/mol. The number of aryl methyl sites for hydroxylation is 2. The molecule has 0 fully saturated rings. The number of rotatable bonds is 10. The molecule has 2 heterocycles. The lowest BCUT2D eigenvalue weighted by Gasteiger charge is -2.11. The highest BCUT2D eigenvalue weighted by Gasteiger charge is 2.20. The van der Waals surface area contributed by atoms with Crippen LogP contribution < -0.4 is 16.2 Å². The van der Waals surface area contributed by atoms with E-state index in [0.717, 1.165) is 73.6 Å². The first kappa shape index (κ1) is 21.3. The molecule has 0 radical (unpaired) electrons. The quantitative estimate of drug-likeness (QED) is 0.345. The summed E-state index contributed by atoms with van der Waals surface area (Å²) in [5.41, 5.74) is 4.14. The Balaban J connectivity index is 1.21. The molecule has 6 nitrogen and oxygen atoms in total. The normalized spacial score (nSPS) is 12.9. The molecule has 3 aromatic rings. The third kappa shape index (κ3) is 4.89. The van der Waals surface area contributed by atoms with E-state index in [9.17, 15) is 14.0 Å². The van der Waals surface area contributed by atoms with E-state index < -0.39 is 0 Å². The van der Waals surface area contributed by atoms with Gasteiger partial charge in [0.25, 0.3) is 5.56 Å². The zero-order chi connectivity index (χ0) is 21.6. The molecular weight excluding hydrogens is 395 g/mol. The maximum Gasteiger partial charge on any atom is 0.251 e. The Hall–Kier alpha value is -2.90. The van der Waals surface area contributed by atoms with E-state index in [1.807, 2.05) is 18.2 Å². The molecule has 31 heavy (non-hydrogen) atoms. The number of nitrogens with zero attached hydrogens (tertiary/aromatic N) is 1. The van der Waals surface area contributed by atoms with Crippen LogP contribution in [-0.4, -0.2) is 35.9 Å². The Morgan fingerprint density at radius 3 is 2.71 bits per heavy atom. The van der Waals surface area contributed by atoms with Crippen LogP contribution in [0, 0.1) is 5.82 Å². The van der Waals surface area contributed by atoms with Crippen LogP contribution in [0.15, 0.2) is 35.3 Å². The predicted molar refractivity (Wildman–Crippen MR) is 119 cm³/mol. The lowest BCUT2D eigenvalue weighted by molar-refractivity contribution is 0.111. The average molecular weight is 423 g/mol. The van der Waals surface area contributed by atoms with Gasteiger partial charge in [0.2, 0.25) is 0 Å². The highest BCUT2D eigenvalue weighted by molar-refractivity contribution is 5.84. The van der Waals surface area contributed by atoms with Crippen molar-refractivity contribution in [1.29, 1.82) is 0 Å². The number of halogens is 1. The lowest BCUT2D eigenvalue weighted by Crippen LogP contribution is -2.28. The molecule has 162 valence electrons. The first-order valence-electron chi connectivity index (χ1n) is 10.8. The Morgan fingerprint density at radius 2 is 1.90 bits per heavy atom. The Kier molecular flexibility index (Phi) is 6.84. The lowest BCUT2D eigenvalue weighted by atomic mass is 10.0. The number of aromatic amines is 1. The zero-order valence-electron chi connectivity index (χ0n) is 17.5. The van der Waals surface area contributed by atoms with Crippen LogP contribution in [0.2, 0.25) is 0 Å².